The second kappa shape index (κ2) is 3.54. The summed E-state index contributed by atoms with van der Waals surface area (Å²) in [5.74, 6) is 1.01. The molecular formula is C11H19NO. The highest BCUT2D eigenvalue weighted by molar-refractivity contribution is 5.22. The van der Waals surface area contributed by atoms with Crippen LogP contribution in [0.5, 0.6) is 0 Å². The fourth-order valence-electron chi connectivity index (χ4n) is 1.75. The molecule has 0 saturated carbocycles. The fourth-order valence-corrected chi connectivity index (χ4v) is 1.75. The molecule has 13 heavy (non-hydrogen) atoms. The number of aryl methyl sites for hydroxylation is 1. The molecule has 2 nitrogen and oxygen atoms in total. The van der Waals surface area contributed by atoms with Crippen LogP contribution in [0.4, 0.5) is 0 Å². The van der Waals surface area contributed by atoms with E-state index >= 15 is 0 Å². The summed E-state index contributed by atoms with van der Waals surface area (Å²) in [7, 11) is 1.99. The van der Waals surface area contributed by atoms with Gasteiger partial charge in [0, 0.05) is 11.6 Å². The van der Waals surface area contributed by atoms with E-state index in [1.54, 1.807) is 6.26 Å². The molecule has 0 fully saturated rings. The molecule has 0 spiro atoms. The van der Waals surface area contributed by atoms with Gasteiger partial charge in [-0.1, -0.05) is 20.8 Å². The van der Waals surface area contributed by atoms with Gasteiger partial charge in [0.2, 0.25) is 0 Å². The summed E-state index contributed by atoms with van der Waals surface area (Å²) in [5, 5.41) is 3.33. The average molecular weight is 181 g/mol. The van der Waals surface area contributed by atoms with Crippen LogP contribution in [-0.4, -0.2) is 7.05 Å². The molecule has 1 atom stereocenters. The predicted octanol–water partition coefficient (Wildman–Crippen LogP) is 2.89. The Hall–Kier alpha value is -0.760. The number of hydrogen-bond donors (Lipinski definition) is 1. The Balaban J connectivity index is 2.98. The van der Waals surface area contributed by atoms with Gasteiger partial charge in [-0.2, -0.15) is 0 Å². The van der Waals surface area contributed by atoms with E-state index in [4.69, 9.17) is 4.42 Å². The Morgan fingerprint density at radius 3 is 2.31 bits per heavy atom. The third-order valence-corrected chi connectivity index (χ3v) is 2.36. The van der Waals surface area contributed by atoms with Gasteiger partial charge in [-0.25, -0.2) is 0 Å². The fraction of sp³-hybridized carbons (Fsp3) is 0.636. The normalized spacial score (nSPS) is 14.5. The minimum atomic E-state index is 0.212. The number of furan rings is 1. The third-order valence-electron chi connectivity index (χ3n) is 2.36. The minimum absolute atomic E-state index is 0.212. The van der Waals surface area contributed by atoms with E-state index in [0.717, 1.165) is 5.76 Å². The lowest BCUT2D eigenvalue weighted by molar-refractivity contribution is 0.284. The predicted molar refractivity (Wildman–Crippen MR) is 54.7 cm³/mol. The molecule has 0 saturated heterocycles. The summed E-state index contributed by atoms with van der Waals surface area (Å²) in [6, 6.07) is 2.40. The van der Waals surface area contributed by atoms with Crippen molar-refractivity contribution in [2.75, 3.05) is 7.05 Å². The molecule has 74 valence electrons. The van der Waals surface area contributed by atoms with Crippen LogP contribution in [0.2, 0.25) is 0 Å². The van der Waals surface area contributed by atoms with E-state index in [1.165, 1.54) is 5.56 Å². The van der Waals surface area contributed by atoms with Gasteiger partial charge in [0.05, 0.1) is 6.26 Å². The summed E-state index contributed by atoms with van der Waals surface area (Å²) in [6.07, 6.45) is 1.75. The zero-order valence-corrected chi connectivity index (χ0v) is 9.14. The van der Waals surface area contributed by atoms with E-state index in [0.29, 0.717) is 6.04 Å². The lowest BCUT2D eigenvalue weighted by Gasteiger charge is -2.30. The van der Waals surface area contributed by atoms with Crippen molar-refractivity contribution in [2.45, 2.75) is 33.7 Å². The highest BCUT2D eigenvalue weighted by Gasteiger charge is 2.26. The first-order valence-corrected chi connectivity index (χ1v) is 4.68. The zero-order chi connectivity index (χ0) is 10.1. The molecule has 0 aliphatic rings. The number of rotatable bonds is 2. The van der Waals surface area contributed by atoms with Crippen LogP contribution in [0.15, 0.2) is 16.7 Å². The maximum absolute atomic E-state index is 5.30. The van der Waals surface area contributed by atoms with Gasteiger partial charge in [-0.15, -0.1) is 0 Å². The van der Waals surface area contributed by atoms with Crippen molar-refractivity contribution in [3.8, 4) is 0 Å². The summed E-state index contributed by atoms with van der Waals surface area (Å²) in [5.41, 5.74) is 1.47. The zero-order valence-electron chi connectivity index (χ0n) is 9.14. The van der Waals surface area contributed by atoms with E-state index < -0.39 is 0 Å². The van der Waals surface area contributed by atoms with Gasteiger partial charge >= 0.3 is 0 Å². The third kappa shape index (κ3) is 2.13. The summed E-state index contributed by atoms with van der Waals surface area (Å²) in [6.45, 7) is 8.67. The highest BCUT2D eigenvalue weighted by atomic mass is 16.3. The minimum Gasteiger partial charge on any atom is -0.469 e. The average Bonchev–Trinajstić information content (AvgIpc) is 2.35. The monoisotopic (exact) mass is 181 g/mol. The van der Waals surface area contributed by atoms with Crippen molar-refractivity contribution >= 4 is 0 Å². The van der Waals surface area contributed by atoms with Crippen LogP contribution < -0.4 is 5.32 Å². The molecule has 0 aliphatic heterocycles. The van der Waals surface area contributed by atoms with Crippen molar-refractivity contribution in [1.82, 2.24) is 5.32 Å². The molecular weight excluding hydrogens is 162 g/mol. The lowest BCUT2D eigenvalue weighted by atomic mass is 9.82. The van der Waals surface area contributed by atoms with Crippen LogP contribution in [0.1, 0.15) is 38.1 Å². The van der Waals surface area contributed by atoms with Crippen LogP contribution in [0, 0.1) is 12.3 Å². The molecule has 0 amide bonds. The maximum Gasteiger partial charge on any atom is 0.105 e. The molecule has 1 heterocycles. The first-order valence-electron chi connectivity index (χ1n) is 4.68. The topological polar surface area (TPSA) is 25.2 Å². The second-order valence-corrected chi connectivity index (χ2v) is 4.52. The first kappa shape index (κ1) is 10.3. The molecule has 1 N–H and O–H groups in total. The van der Waals surface area contributed by atoms with E-state index in [2.05, 4.69) is 26.1 Å². The van der Waals surface area contributed by atoms with Gasteiger partial charge in [-0.05, 0) is 25.5 Å². The Bertz CT molecular complexity index is 270. The molecule has 1 aromatic heterocycles. The maximum atomic E-state index is 5.30. The molecule has 1 rings (SSSR count). The number of hydrogen-bond acceptors (Lipinski definition) is 2. The summed E-state index contributed by atoms with van der Waals surface area (Å²) >= 11 is 0. The van der Waals surface area contributed by atoms with Crippen LogP contribution >= 0.6 is 0 Å². The summed E-state index contributed by atoms with van der Waals surface area (Å²) in [4.78, 5) is 0. The molecule has 2 heteroatoms. The summed E-state index contributed by atoms with van der Waals surface area (Å²) < 4.78 is 5.30. The van der Waals surface area contributed by atoms with Gasteiger partial charge in [-0.3, -0.25) is 0 Å². The lowest BCUT2D eigenvalue weighted by Crippen LogP contribution is -2.29. The Labute approximate surface area is 80.3 Å². The van der Waals surface area contributed by atoms with E-state index in [-0.39, 0.29) is 5.41 Å². The first-order chi connectivity index (χ1) is 5.96. The number of nitrogens with one attached hydrogen (secondary N) is 1. The smallest absolute Gasteiger partial charge is 0.105 e. The molecule has 0 bridgehead atoms. The van der Waals surface area contributed by atoms with Gasteiger partial charge < -0.3 is 9.73 Å². The second-order valence-electron chi connectivity index (χ2n) is 4.52. The van der Waals surface area contributed by atoms with Crippen molar-refractivity contribution < 1.29 is 4.42 Å². The van der Waals surface area contributed by atoms with E-state index in [9.17, 15) is 0 Å². The van der Waals surface area contributed by atoms with Crippen molar-refractivity contribution in [2.24, 2.45) is 5.41 Å². The van der Waals surface area contributed by atoms with Gasteiger partial charge in [0.15, 0.2) is 0 Å². The quantitative estimate of drug-likeness (QED) is 0.759. The Morgan fingerprint density at radius 2 is 2.00 bits per heavy atom. The molecule has 1 unspecified atom stereocenters. The van der Waals surface area contributed by atoms with Crippen LogP contribution in [0.25, 0.3) is 0 Å². The SMILES string of the molecule is CNC(c1ccoc1C)C(C)(C)C. The van der Waals surface area contributed by atoms with Crippen molar-refractivity contribution in [3.05, 3.63) is 23.7 Å². The van der Waals surface area contributed by atoms with Crippen LogP contribution in [-0.2, 0) is 0 Å². The van der Waals surface area contributed by atoms with Gasteiger partial charge in [0.1, 0.15) is 5.76 Å². The van der Waals surface area contributed by atoms with Crippen molar-refractivity contribution in [1.29, 1.82) is 0 Å². The standard InChI is InChI=1S/C11H19NO/c1-8-9(6-7-13-8)10(12-5)11(2,3)4/h6-7,10,12H,1-5H3. The van der Waals surface area contributed by atoms with Crippen LogP contribution in [0.3, 0.4) is 0 Å². The largest absolute Gasteiger partial charge is 0.469 e. The van der Waals surface area contributed by atoms with E-state index in [1.807, 2.05) is 20.0 Å². The molecule has 1 aromatic rings. The Kier molecular flexibility index (Phi) is 2.81. The van der Waals surface area contributed by atoms with Gasteiger partial charge in [0.25, 0.3) is 0 Å². The Morgan fingerprint density at radius 1 is 1.38 bits per heavy atom. The highest BCUT2D eigenvalue weighted by Crippen LogP contribution is 2.34. The molecule has 0 aromatic carbocycles. The molecule has 0 radical (unpaired) electrons. The molecule has 0 aliphatic carbocycles. The van der Waals surface area contributed by atoms with Crippen molar-refractivity contribution in [3.63, 3.8) is 0 Å².